The molecule has 0 fully saturated rings. The number of thiocarbonyl (C=S) groups is 5. The maximum atomic E-state index is 9.95. The lowest BCUT2D eigenvalue weighted by Gasteiger charge is -2.32. The van der Waals surface area contributed by atoms with Crippen LogP contribution in [0.25, 0.3) is 0 Å². The number of nitrogens with zero attached hydrogens (tertiary/aromatic N) is 5. The van der Waals surface area contributed by atoms with Gasteiger partial charge in [0.2, 0.25) is 0 Å². The fourth-order valence-electron chi connectivity index (χ4n) is 14.5. The van der Waals surface area contributed by atoms with E-state index in [4.69, 9.17) is 177 Å². The molecular weight excluding hydrogens is 1860 g/mol. The van der Waals surface area contributed by atoms with E-state index >= 15 is 0 Å². The van der Waals surface area contributed by atoms with Crippen LogP contribution in [0, 0.1) is 0 Å². The Labute approximate surface area is 794 Å². The smallest absolute Gasteiger partial charge is 0.178 e. The zero-order valence-corrected chi connectivity index (χ0v) is 78.4. The third-order valence-electron chi connectivity index (χ3n) is 21.4. The Kier molecular flexibility index (Phi) is 36.3. The second-order valence-electron chi connectivity index (χ2n) is 29.8. The van der Waals surface area contributed by atoms with Crippen molar-refractivity contribution in [2.45, 2.75) is 103 Å². The van der Waals surface area contributed by atoms with Crippen LogP contribution < -0.4 is 26.6 Å². The Bertz CT molecular complexity index is 5400. The molecule has 12 N–H and O–H groups in total. The van der Waals surface area contributed by atoms with E-state index < -0.39 is 0 Å². The number of benzene rings is 10. The number of halogens is 10. The van der Waals surface area contributed by atoms with Gasteiger partial charge in [0.25, 0.3) is 0 Å². The minimum atomic E-state index is -0.390. The number of fused-ring (bicyclic) bond motifs is 5. The number of hydrogen-bond donors (Lipinski definition) is 12. The van der Waals surface area contributed by atoms with Crippen LogP contribution in [-0.4, -0.2) is 151 Å². The van der Waals surface area contributed by atoms with Gasteiger partial charge >= 0.3 is 0 Å². The van der Waals surface area contributed by atoms with E-state index in [1.807, 2.05) is 132 Å². The van der Waals surface area contributed by atoms with E-state index in [1.54, 1.807) is 36.4 Å². The molecule has 0 saturated heterocycles. The van der Waals surface area contributed by atoms with Crippen molar-refractivity contribution in [1.82, 2.24) is 51.1 Å². The molecule has 17 nitrogen and oxygen atoms in total. The van der Waals surface area contributed by atoms with Gasteiger partial charge in [-0.25, -0.2) is 0 Å². The molecular formula is C91H92Cl10N10O7S5. The molecule has 0 radical (unpaired) electrons. The molecule has 5 heterocycles. The minimum absolute atomic E-state index is 0.0378. The molecule has 0 bridgehead atoms. The van der Waals surface area contributed by atoms with Gasteiger partial charge in [-0.3, -0.25) is 0 Å². The molecule has 15 rings (SSSR count). The highest BCUT2D eigenvalue weighted by molar-refractivity contribution is 7.81. The van der Waals surface area contributed by atoms with E-state index in [1.165, 1.54) is 33.4 Å². The lowest BCUT2D eigenvalue weighted by Crippen LogP contribution is -2.43. The summed E-state index contributed by atoms with van der Waals surface area (Å²) in [6, 6.07) is 53.2. The van der Waals surface area contributed by atoms with E-state index in [0.29, 0.717) is 98.2 Å². The van der Waals surface area contributed by atoms with Crippen molar-refractivity contribution in [3.05, 3.63) is 304 Å². The fourth-order valence-corrected chi connectivity index (χ4v) is 17.8. The molecule has 32 heteroatoms. The topological polar surface area (TPSA) is 218 Å². The molecule has 10 aromatic rings. The summed E-state index contributed by atoms with van der Waals surface area (Å²) >= 11 is 87.7. The Hall–Kier alpha value is -7.85. The van der Waals surface area contributed by atoms with Gasteiger partial charge in [-0.05, 0) is 307 Å². The first-order chi connectivity index (χ1) is 59.0. The number of hydrogen-bond acceptors (Lipinski definition) is 12. The third-order valence-corrected chi connectivity index (χ3v) is 26.7. The zero-order valence-electron chi connectivity index (χ0n) is 66.7. The van der Waals surface area contributed by atoms with Gasteiger partial charge in [0.05, 0.1) is 30.1 Å². The molecule has 0 amide bonds. The van der Waals surface area contributed by atoms with Crippen molar-refractivity contribution in [2.75, 3.05) is 65.4 Å². The van der Waals surface area contributed by atoms with Crippen LogP contribution in [0.3, 0.4) is 0 Å². The van der Waals surface area contributed by atoms with Crippen molar-refractivity contribution in [1.29, 1.82) is 0 Å². The van der Waals surface area contributed by atoms with Crippen LogP contribution in [0.1, 0.15) is 89.9 Å². The number of nitrogens with one attached hydrogen (secondary N) is 5. The first-order valence-electron chi connectivity index (χ1n) is 39.8. The first kappa shape index (κ1) is 95.8. The third kappa shape index (κ3) is 27.6. The average molecular weight is 1950 g/mol. The van der Waals surface area contributed by atoms with E-state index in [9.17, 15) is 35.7 Å². The number of phenolic OH excluding ortho intramolecular Hbond substituents is 7. The fraction of sp³-hybridized carbons (Fsp3) is 0.286. The molecule has 5 aliphatic heterocycles. The average Bonchev–Trinajstić information content (AvgIpc) is 1.30. The zero-order chi connectivity index (χ0) is 88.0. The molecule has 0 aliphatic carbocycles. The maximum absolute atomic E-state index is 9.95. The van der Waals surface area contributed by atoms with Gasteiger partial charge in [-0.1, -0.05) is 189 Å². The van der Waals surface area contributed by atoms with Crippen LogP contribution >= 0.6 is 177 Å². The molecule has 0 unspecified atom stereocenters. The summed E-state index contributed by atoms with van der Waals surface area (Å²) in [5.41, 5.74) is 16.0. The Morgan fingerprint density at radius 2 is 0.650 bits per heavy atom. The van der Waals surface area contributed by atoms with Crippen LogP contribution in [-0.2, 0) is 96.9 Å². The van der Waals surface area contributed by atoms with Gasteiger partial charge in [-0.15, -0.1) is 0 Å². The standard InChI is InChI=1S/C19H19Cl3N2OS.C18H17Cl3N2O2S.C18H18Cl2N2O2S.2C18H19ClN2OS/c20-14-5-3-12(4-6-14)7-8-23-19(26)24-9-1-2-15-13(11-24)10-16(21)18(25)17(15)22;19-11-3-1-10(2-4-11)5-7-22-18(26)23-8-6-12-13(9-23)15(21)17(25)16(24)14(12)20;19-14-2-1-11(7-15(14)20)3-5-21-18(25)22-6-4-12-8-16(23)17(24)9-13(12)10-22;19-16-4-1-13(2-5-16)7-9-20-18(23)21-10-8-14-11-17(22)6-3-15(14)12-21;19-15-6-4-13(5-7-15)8-10-20-18(23)21-11-9-16-14(12-21)2-1-3-17(16)22/h3-6,10,25H,1-2,7-9,11H2,(H,23,26);1-4,24-25H,5-9H2,(H,22,26);1-2,7-9,23-24H,3-6,10H2,(H,21,25);1-6,11,22H,7-10,12H2,(H,20,23);1-7,22H,8-12H2,(H,20,23). The maximum Gasteiger partial charge on any atom is 0.178 e. The van der Waals surface area contributed by atoms with Crippen molar-refractivity contribution in [3.63, 3.8) is 0 Å². The molecule has 0 saturated carbocycles. The van der Waals surface area contributed by atoms with Gasteiger partial charge in [0, 0.05) is 124 Å². The van der Waals surface area contributed by atoms with Gasteiger partial charge in [0.1, 0.15) is 11.5 Å². The monoisotopic (exact) mass is 1950 g/mol. The molecule has 648 valence electrons. The largest absolute Gasteiger partial charge is 0.508 e. The molecule has 123 heavy (non-hydrogen) atoms. The Morgan fingerprint density at radius 1 is 0.276 bits per heavy atom. The summed E-state index contributed by atoms with van der Waals surface area (Å²) in [7, 11) is 0. The molecule has 0 aromatic heterocycles. The summed E-state index contributed by atoms with van der Waals surface area (Å²) in [6.45, 7) is 10.9. The lowest BCUT2D eigenvalue weighted by atomic mass is 9.98. The minimum Gasteiger partial charge on any atom is -0.508 e. The van der Waals surface area contributed by atoms with Crippen LogP contribution in [0.4, 0.5) is 0 Å². The van der Waals surface area contributed by atoms with Gasteiger partial charge < -0.3 is 86.8 Å². The predicted octanol–water partition coefficient (Wildman–Crippen LogP) is 20.7. The SMILES string of the molecule is Oc1c(Cl)cc2c(c1Cl)CCCN(C(=S)NCCc1ccc(Cl)cc1)C2.Oc1c(O)c(Cl)c2c(c1Cl)CCN(C(=S)NCCc1ccc(Cl)cc1)C2.Oc1cc2c(cc1O)CN(C(=S)NCCc1ccc(Cl)c(Cl)c1)CC2.Oc1ccc2c(c1)CCN(C(=S)NCCc1ccc(Cl)cc1)C2.Oc1cccc2c1CCN(C(=S)NCCc1ccc(Cl)cc1)C2. The Balaban J connectivity index is 0.000000150. The highest BCUT2D eigenvalue weighted by Gasteiger charge is 2.30. The van der Waals surface area contributed by atoms with Crippen LogP contribution in [0.15, 0.2) is 170 Å². The predicted molar refractivity (Wildman–Crippen MR) is 523 cm³/mol. The van der Waals surface area contributed by atoms with Crippen molar-refractivity contribution < 1.29 is 35.7 Å². The number of phenols is 7. The molecule has 0 spiro atoms. The summed E-state index contributed by atoms with van der Waals surface area (Å²) in [5, 5.41) is 93.4. The normalized spacial score (nSPS) is 13.6. The van der Waals surface area contributed by atoms with Crippen molar-refractivity contribution in [2.24, 2.45) is 0 Å². The molecule has 0 atom stereocenters. The number of rotatable bonds is 15. The lowest BCUT2D eigenvalue weighted by molar-refractivity contribution is 0.375. The quantitative estimate of drug-likeness (QED) is 0.0339. The number of aromatic hydroxyl groups is 7. The first-order valence-corrected chi connectivity index (χ1v) is 45.6. The summed E-state index contributed by atoms with van der Waals surface area (Å²) in [5.74, 6) is -0.242. The second-order valence-corrected chi connectivity index (χ2v) is 35.8. The summed E-state index contributed by atoms with van der Waals surface area (Å²) in [6.07, 6.45) is 9.09. The highest BCUT2D eigenvalue weighted by Crippen LogP contribution is 2.47. The van der Waals surface area contributed by atoms with Gasteiger partial charge in [-0.2, -0.15) is 0 Å². The summed E-state index contributed by atoms with van der Waals surface area (Å²) in [4.78, 5) is 10.5. The van der Waals surface area contributed by atoms with Crippen LogP contribution in [0.5, 0.6) is 40.2 Å². The van der Waals surface area contributed by atoms with Crippen molar-refractivity contribution >= 4 is 203 Å². The van der Waals surface area contributed by atoms with Crippen molar-refractivity contribution in [3.8, 4) is 40.2 Å². The summed E-state index contributed by atoms with van der Waals surface area (Å²) < 4.78 is 0. The van der Waals surface area contributed by atoms with E-state index in [2.05, 4.69) is 52.2 Å². The second kappa shape index (κ2) is 46.6. The van der Waals surface area contributed by atoms with E-state index in [0.717, 1.165) is 193 Å². The van der Waals surface area contributed by atoms with Crippen LogP contribution in [0.2, 0.25) is 50.2 Å². The Morgan fingerprint density at radius 3 is 1.12 bits per heavy atom. The molecule has 10 aromatic carbocycles. The van der Waals surface area contributed by atoms with E-state index in [-0.39, 0.29) is 43.8 Å². The van der Waals surface area contributed by atoms with Gasteiger partial charge in [0.15, 0.2) is 54.3 Å². The molecule has 5 aliphatic rings. The highest BCUT2D eigenvalue weighted by atomic mass is 35.5.